The fourth-order valence-corrected chi connectivity index (χ4v) is 3.52. The van der Waals surface area contributed by atoms with Gasteiger partial charge in [-0.05, 0) is 56.6 Å². The lowest BCUT2D eigenvalue weighted by Crippen LogP contribution is -2.50. The van der Waals surface area contributed by atoms with Crippen LogP contribution in [0, 0.1) is 0 Å². The summed E-state index contributed by atoms with van der Waals surface area (Å²) in [5, 5.41) is 6.68. The summed E-state index contributed by atoms with van der Waals surface area (Å²) in [5.74, 6) is 0.179. The smallest absolute Gasteiger partial charge is 0.237 e. The van der Waals surface area contributed by atoms with Gasteiger partial charge >= 0.3 is 0 Å². The molecule has 1 aliphatic carbocycles. The molecular formula is C17H24N2O. The highest BCUT2D eigenvalue weighted by Crippen LogP contribution is 2.29. The second kappa shape index (κ2) is 5.96. The summed E-state index contributed by atoms with van der Waals surface area (Å²) < 4.78 is 0. The van der Waals surface area contributed by atoms with E-state index in [1.54, 1.807) is 0 Å². The zero-order chi connectivity index (χ0) is 13.9. The molecule has 3 nitrogen and oxygen atoms in total. The second-order valence-corrected chi connectivity index (χ2v) is 6.20. The van der Waals surface area contributed by atoms with Gasteiger partial charge in [0.2, 0.25) is 5.91 Å². The molecule has 3 rings (SSSR count). The Bertz CT molecular complexity index is 486. The quantitative estimate of drug-likeness (QED) is 0.869. The largest absolute Gasteiger partial charge is 0.348 e. The topological polar surface area (TPSA) is 41.1 Å². The van der Waals surface area contributed by atoms with Gasteiger partial charge in [-0.1, -0.05) is 24.3 Å². The van der Waals surface area contributed by atoms with Gasteiger partial charge < -0.3 is 10.6 Å². The zero-order valence-corrected chi connectivity index (χ0v) is 12.2. The number of carbonyl (C=O) groups is 1. The molecule has 0 spiro atoms. The molecule has 0 saturated carbocycles. The van der Waals surface area contributed by atoms with E-state index >= 15 is 0 Å². The highest BCUT2D eigenvalue weighted by Gasteiger charge is 2.27. The van der Waals surface area contributed by atoms with Crippen LogP contribution < -0.4 is 10.6 Å². The van der Waals surface area contributed by atoms with Gasteiger partial charge in [0.15, 0.2) is 0 Å². The van der Waals surface area contributed by atoms with Gasteiger partial charge in [0, 0.05) is 6.04 Å². The Labute approximate surface area is 121 Å². The summed E-state index contributed by atoms with van der Waals surface area (Å²) in [6, 6.07) is 9.17. The number of benzene rings is 1. The van der Waals surface area contributed by atoms with Crippen molar-refractivity contribution in [2.45, 2.75) is 63.6 Å². The van der Waals surface area contributed by atoms with Crippen LogP contribution in [0.15, 0.2) is 24.3 Å². The van der Waals surface area contributed by atoms with Gasteiger partial charge in [0.05, 0.1) is 12.1 Å². The highest BCUT2D eigenvalue weighted by atomic mass is 16.2. The third-order valence-corrected chi connectivity index (χ3v) is 4.62. The number of carbonyl (C=O) groups excluding carboxylic acids is 1. The van der Waals surface area contributed by atoms with Crippen molar-refractivity contribution >= 4 is 5.91 Å². The van der Waals surface area contributed by atoms with Crippen molar-refractivity contribution in [3.05, 3.63) is 35.4 Å². The first-order valence-corrected chi connectivity index (χ1v) is 7.88. The fourth-order valence-electron chi connectivity index (χ4n) is 3.52. The third kappa shape index (κ3) is 2.88. The summed E-state index contributed by atoms with van der Waals surface area (Å²) >= 11 is 0. The minimum atomic E-state index is -0.00663. The molecule has 2 N–H and O–H groups in total. The third-order valence-electron chi connectivity index (χ3n) is 4.62. The molecule has 0 bridgehead atoms. The van der Waals surface area contributed by atoms with Crippen molar-refractivity contribution in [1.29, 1.82) is 0 Å². The average Bonchev–Trinajstić information content (AvgIpc) is 2.47. The number of hydrogen-bond donors (Lipinski definition) is 2. The van der Waals surface area contributed by atoms with E-state index in [9.17, 15) is 4.79 Å². The minimum absolute atomic E-state index is 0.00663. The van der Waals surface area contributed by atoms with Gasteiger partial charge in [-0.25, -0.2) is 0 Å². The van der Waals surface area contributed by atoms with Gasteiger partial charge in [-0.15, -0.1) is 0 Å². The number of amides is 1. The van der Waals surface area contributed by atoms with E-state index in [1.165, 1.54) is 17.5 Å². The van der Waals surface area contributed by atoms with E-state index in [1.807, 2.05) is 0 Å². The monoisotopic (exact) mass is 272 g/mol. The van der Waals surface area contributed by atoms with Crippen LogP contribution in [0.5, 0.6) is 0 Å². The predicted molar refractivity (Wildman–Crippen MR) is 80.5 cm³/mol. The molecule has 0 radical (unpaired) electrons. The van der Waals surface area contributed by atoms with E-state index in [2.05, 4.69) is 41.8 Å². The average molecular weight is 272 g/mol. The molecule has 1 aromatic rings. The van der Waals surface area contributed by atoms with Crippen molar-refractivity contribution in [3.8, 4) is 0 Å². The number of piperidine rings is 1. The van der Waals surface area contributed by atoms with E-state index in [-0.39, 0.29) is 18.0 Å². The standard InChI is InChI=1S/C17H24N2O/c1-12-6-4-11-16(18-12)17(20)19-15-10-5-8-13-7-2-3-9-14(13)15/h2-3,7,9,12,15-16,18H,4-6,8,10-11H2,1H3,(H,19,20). The summed E-state index contributed by atoms with van der Waals surface area (Å²) in [6.45, 7) is 2.16. The van der Waals surface area contributed by atoms with Crippen molar-refractivity contribution in [3.63, 3.8) is 0 Å². The molecule has 3 heteroatoms. The lowest BCUT2D eigenvalue weighted by atomic mass is 9.87. The number of fused-ring (bicyclic) bond motifs is 1. The molecule has 2 aliphatic rings. The van der Waals surface area contributed by atoms with Gasteiger partial charge in [-0.3, -0.25) is 4.79 Å². The molecule has 0 aromatic heterocycles. The predicted octanol–water partition coefficient (Wildman–Crippen LogP) is 2.71. The van der Waals surface area contributed by atoms with Crippen LogP contribution in [0.3, 0.4) is 0 Å². The lowest BCUT2D eigenvalue weighted by molar-refractivity contribution is -0.124. The van der Waals surface area contributed by atoms with Gasteiger partial charge in [-0.2, -0.15) is 0 Å². The zero-order valence-electron chi connectivity index (χ0n) is 12.2. The Morgan fingerprint density at radius 2 is 2.05 bits per heavy atom. The van der Waals surface area contributed by atoms with Crippen molar-refractivity contribution in [2.24, 2.45) is 0 Å². The van der Waals surface area contributed by atoms with Crippen LogP contribution in [-0.2, 0) is 11.2 Å². The normalized spacial score (nSPS) is 29.6. The number of nitrogens with one attached hydrogen (secondary N) is 2. The Kier molecular flexibility index (Phi) is 4.06. The number of rotatable bonds is 2. The molecule has 1 aromatic carbocycles. The SMILES string of the molecule is CC1CCCC(C(=O)NC2CCCc3ccccc32)N1. The lowest BCUT2D eigenvalue weighted by Gasteiger charge is -2.31. The Morgan fingerprint density at radius 3 is 2.90 bits per heavy atom. The fraction of sp³-hybridized carbons (Fsp3) is 0.588. The molecule has 1 saturated heterocycles. The van der Waals surface area contributed by atoms with Crippen molar-refractivity contribution < 1.29 is 4.79 Å². The molecule has 20 heavy (non-hydrogen) atoms. The van der Waals surface area contributed by atoms with Crippen molar-refractivity contribution in [2.75, 3.05) is 0 Å². The van der Waals surface area contributed by atoms with Crippen LogP contribution in [-0.4, -0.2) is 18.0 Å². The maximum Gasteiger partial charge on any atom is 0.237 e. The Morgan fingerprint density at radius 1 is 1.20 bits per heavy atom. The summed E-state index contributed by atoms with van der Waals surface area (Å²) in [4.78, 5) is 12.4. The van der Waals surface area contributed by atoms with Crippen LogP contribution >= 0.6 is 0 Å². The van der Waals surface area contributed by atoms with Gasteiger partial charge in [0.25, 0.3) is 0 Å². The minimum Gasteiger partial charge on any atom is -0.348 e. The Hall–Kier alpha value is -1.35. The maximum absolute atomic E-state index is 12.4. The molecule has 1 fully saturated rings. The van der Waals surface area contributed by atoms with E-state index < -0.39 is 0 Å². The summed E-state index contributed by atoms with van der Waals surface area (Å²) in [7, 11) is 0. The van der Waals surface area contributed by atoms with Crippen LogP contribution in [0.1, 0.15) is 56.2 Å². The molecule has 1 heterocycles. The van der Waals surface area contributed by atoms with E-state index in [0.717, 1.165) is 32.1 Å². The van der Waals surface area contributed by atoms with Crippen LogP contribution in [0.25, 0.3) is 0 Å². The van der Waals surface area contributed by atoms with E-state index in [0.29, 0.717) is 6.04 Å². The Balaban J connectivity index is 1.68. The number of aryl methyl sites for hydroxylation is 1. The summed E-state index contributed by atoms with van der Waals surface area (Å²) in [5.41, 5.74) is 2.71. The second-order valence-electron chi connectivity index (χ2n) is 6.20. The summed E-state index contributed by atoms with van der Waals surface area (Å²) in [6.07, 6.45) is 6.65. The molecule has 3 atom stereocenters. The molecular weight excluding hydrogens is 248 g/mol. The first-order chi connectivity index (χ1) is 9.74. The molecule has 108 valence electrons. The first-order valence-electron chi connectivity index (χ1n) is 7.88. The maximum atomic E-state index is 12.4. The highest BCUT2D eigenvalue weighted by molar-refractivity contribution is 5.82. The van der Waals surface area contributed by atoms with E-state index in [4.69, 9.17) is 0 Å². The van der Waals surface area contributed by atoms with Crippen LogP contribution in [0.2, 0.25) is 0 Å². The molecule has 1 amide bonds. The molecule has 3 unspecified atom stereocenters. The van der Waals surface area contributed by atoms with Crippen LogP contribution in [0.4, 0.5) is 0 Å². The van der Waals surface area contributed by atoms with Crippen molar-refractivity contribution in [1.82, 2.24) is 10.6 Å². The number of hydrogen-bond acceptors (Lipinski definition) is 2. The molecule has 1 aliphatic heterocycles. The van der Waals surface area contributed by atoms with Gasteiger partial charge in [0.1, 0.15) is 0 Å². The first kappa shape index (κ1) is 13.6.